The molecule has 0 radical (unpaired) electrons. The molecule has 162 valence electrons. The second-order valence-corrected chi connectivity index (χ2v) is 9.42. The van der Waals surface area contributed by atoms with Crippen molar-refractivity contribution in [3.05, 3.63) is 77.2 Å². The minimum Gasteiger partial charge on any atom is -0.486 e. The van der Waals surface area contributed by atoms with E-state index >= 15 is 0 Å². The maximum absolute atomic E-state index is 12.8. The highest BCUT2D eigenvalue weighted by molar-refractivity contribution is 7.89. The van der Waals surface area contributed by atoms with Crippen molar-refractivity contribution in [3.63, 3.8) is 0 Å². The van der Waals surface area contributed by atoms with Gasteiger partial charge in [0.05, 0.1) is 15.6 Å². The van der Waals surface area contributed by atoms with Gasteiger partial charge in [-0.1, -0.05) is 29.8 Å². The van der Waals surface area contributed by atoms with E-state index < -0.39 is 15.9 Å². The van der Waals surface area contributed by atoms with Crippen molar-refractivity contribution in [2.45, 2.75) is 24.3 Å². The van der Waals surface area contributed by atoms with Gasteiger partial charge in [0, 0.05) is 13.1 Å². The molecule has 31 heavy (non-hydrogen) atoms. The van der Waals surface area contributed by atoms with Gasteiger partial charge in [0.2, 0.25) is 10.0 Å². The van der Waals surface area contributed by atoms with E-state index in [1.54, 1.807) is 6.07 Å². The third-order valence-electron chi connectivity index (χ3n) is 4.90. The molecule has 1 amide bonds. The summed E-state index contributed by atoms with van der Waals surface area (Å²) in [6.45, 7) is 1.15. The van der Waals surface area contributed by atoms with Crippen LogP contribution in [0.25, 0.3) is 0 Å². The van der Waals surface area contributed by atoms with Crippen molar-refractivity contribution in [1.29, 1.82) is 0 Å². The van der Waals surface area contributed by atoms with Crippen LogP contribution in [-0.4, -0.2) is 31.7 Å². The number of sulfonamides is 1. The number of carbonyl (C=O) groups excluding carboxylic acids is 1. The van der Waals surface area contributed by atoms with Crippen molar-refractivity contribution in [2.24, 2.45) is 0 Å². The number of nitrogens with zero attached hydrogens (tertiary/aromatic N) is 1. The number of amides is 1. The molecule has 0 unspecified atom stereocenters. The predicted octanol–water partition coefficient (Wildman–Crippen LogP) is 4.55. The zero-order chi connectivity index (χ0) is 21.8. The maximum atomic E-state index is 12.8. The van der Waals surface area contributed by atoms with Gasteiger partial charge in [-0.3, -0.25) is 4.79 Å². The lowest BCUT2D eigenvalue weighted by Gasteiger charge is -2.16. The van der Waals surface area contributed by atoms with Gasteiger partial charge in [-0.15, -0.1) is 0 Å². The number of ether oxygens (including phenoxy) is 1. The summed E-state index contributed by atoms with van der Waals surface area (Å²) in [5.41, 5.74) is 0.199. The Balaban J connectivity index is 1.45. The van der Waals surface area contributed by atoms with Crippen LogP contribution in [0.15, 0.2) is 70.0 Å². The van der Waals surface area contributed by atoms with Crippen LogP contribution in [0.3, 0.4) is 0 Å². The number of hydrogen-bond acceptors (Lipinski definition) is 5. The molecule has 0 atom stereocenters. The van der Waals surface area contributed by atoms with E-state index in [9.17, 15) is 13.2 Å². The Morgan fingerprint density at radius 1 is 1.06 bits per heavy atom. The van der Waals surface area contributed by atoms with E-state index in [-0.39, 0.29) is 28.0 Å². The lowest BCUT2D eigenvalue weighted by Crippen LogP contribution is -2.28. The molecule has 1 fully saturated rings. The van der Waals surface area contributed by atoms with Gasteiger partial charge in [0.25, 0.3) is 5.91 Å². The Morgan fingerprint density at radius 2 is 1.81 bits per heavy atom. The Kier molecular flexibility index (Phi) is 6.31. The zero-order valence-electron chi connectivity index (χ0n) is 16.6. The molecule has 0 saturated carbocycles. The molecule has 3 aromatic rings. The summed E-state index contributed by atoms with van der Waals surface area (Å²) in [5.74, 6) is 0.692. The van der Waals surface area contributed by atoms with E-state index in [4.69, 9.17) is 20.8 Å². The number of carbonyl (C=O) groups is 1. The smallest absolute Gasteiger partial charge is 0.291 e. The molecule has 1 aromatic heterocycles. The summed E-state index contributed by atoms with van der Waals surface area (Å²) in [5, 5.41) is 2.86. The van der Waals surface area contributed by atoms with Crippen LogP contribution in [0.1, 0.15) is 29.2 Å². The van der Waals surface area contributed by atoms with Crippen LogP contribution in [0.5, 0.6) is 5.75 Å². The second-order valence-electron chi connectivity index (χ2n) is 7.07. The normalized spacial score (nSPS) is 14.5. The molecule has 2 aromatic carbocycles. The Bertz CT molecular complexity index is 1170. The Morgan fingerprint density at radius 3 is 2.55 bits per heavy atom. The number of para-hydroxylation sites is 1. The first-order chi connectivity index (χ1) is 14.9. The van der Waals surface area contributed by atoms with Crippen molar-refractivity contribution in [2.75, 3.05) is 18.4 Å². The van der Waals surface area contributed by atoms with Gasteiger partial charge in [-0.05, 0) is 55.3 Å². The van der Waals surface area contributed by atoms with Crippen LogP contribution in [-0.2, 0) is 16.6 Å². The minimum atomic E-state index is -3.62. The van der Waals surface area contributed by atoms with Crippen LogP contribution >= 0.6 is 11.6 Å². The lowest BCUT2D eigenvalue weighted by atomic mass is 10.3. The van der Waals surface area contributed by atoms with Crippen LogP contribution in [0.4, 0.5) is 5.69 Å². The quantitative estimate of drug-likeness (QED) is 0.558. The van der Waals surface area contributed by atoms with E-state index in [2.05, 4.69) is 5.32 Å². The van der Waals surface area contributed by atoms with E-state index in [0.717, 1.165) is 12.8 Å². The molecular weight excluding hydrogens is 440 g/mol. The number of furan rings is 1. The average Bonchev–Trinajstić information content (AvgIpc) is 3.47. The summed E-state index contributed by atoms with van der Waals surface area (Å²) >= 11 is 6.19. The SMILES string of the molecule is O=C(Nc1cc(S(=O)(=O)N2CCCC2)ccc1Cl)c1ccc(COc2ccccc2)o1. The topological polar surface area (TPSA) is 88.9 Å². The average molecular weight is 461 g/mol. The number of anilines is 1. The predicted molar refractivity (Wildman–Crippen MR) is 117 cm³/mol. The summed E-state index contributed by atoms with van der Waals surface area (Å²) < 4.78 is 38.2. The molecule has 2 heterocycles. The molecule has 1 aliphatic heterocycles. The molecule has 7 nitrogen and oxygen atoms in total. The summed E-state index contributed by atoms with van der Waals surface area (Å²) in [6.07, 6.45) is 1.68. The summed E-state index contributed by atoms with van der Waals surface area (Å²) in [6, 6.07) is 16.7. The zero-order valence-corrected chi connectivity index (χ0v) is 18.2. The molecule has 0 bridgehead atoms. The molecular formula is C22H21ClN2O5S. The monoisotopic (exact) mass is 460 g/mol. The van der Waals surface area contributed by atoms with Gasteiger partial charge in [0.1, 0.15) is 18.1 Å². The third-order valence-corrected chi connectivity index (χ3v) is 7.12. The van der Waals surface area contributed by atoms with Gasteiger partial charge in [-0.2, -0.15) is 4.31 Å². The highest BCUT2D eigenvalue weighted by Crippen LogP contribution is 2.29. The van der Waals surface area contributed by atoms with Crippen molar-refractivity contribution >= 4 is 33.2 Å². The van der Waals surface area contributed by atoms with E-state index in [1.807, 2.05) is 30.3 Å². The van der Waals surface area contributed by atoms with Crippen molar-refractivity contribution < 1.29 is 22.4 Å². The highest BCUT2D eigenvalue weighted by Gasteiger charge is 2.28. The third kappa shape index (κ3) is 4.92. The molecule has 0 spiro atoms. The van der Waals surface area contributed by atoms with E-state index in [1.165, 1.54) is 28.6 Å². The van der Waals surface area contributed by atoms with Crippen molar-refractivity contribution in [3.8, 4) is 5.75 Å². The van der Waals surface area contributed by atoms with Crippen molar-refractivity contribution in [1.82, 2.24) is 4.31 Å². The molecule has 9 heteroatoms. The van der Waals surface area contributed by atoms with Crippen LogP contribution < -0.4 is 10.1 Å². The van der Waals surface area contributed by atoms with Gasteiger partial charge in [0.15, 0.2) is 5.76 Å². The second kappa shape index (κ2) is 9.13. The fourth-order valence-corrected chi connectivity index (χ4v) is 4.98. The molecule has 0 aliphatic carbocycles. The van der Waals surface area contributed by atoms with Gasteiger partial charge in [-0.25, -0.2) is 8.42 Å². The number of nitrogens with one attached hydrogen (secondary N) is 1. The number of hydrogen-bond donors (Lipinski definition) is 1. The largest absolute Gasteiger partial charge is 0.486 e. The standard InChI is InChI=1S/C22H21ClN2O5S/c23-19-10-9-18(31(27,28)25-12-4-5-13-25)14-20(19)24-22(26)21-11-8-17(30-21)15-29-16-6-2-1-3-7-16/h1-3,6-11,14H,4-5,12-13,15H2,(H,24,26). The molecule has 1 N–H and O–H groups in total. The first-order valence-electron chi connectivity index (χ1n) is 9.81. The maximum Gasteiger partial charge on any atom is 0.291 e. The summed E-state index contributed by atoms with van der Waals surface area (Å²) in [7, 11) is -3.62. The summed E-state index contributed by atoms with van der Waals surface area (Å²) in [4.78, 5) is 12.7. The number of rotatable bonds is 7. The fourth-order valence-electron chi connectivity index (χ4n) is 3.27. The van der Waals surface area contributed by atoms with Gasteiger partial charge < -0.3 is 14.5 Å². The first-order valence-corrected chi connectivity index (χ1v) is 11.6. The van der Waals surface area contributed by atoms with Crippen LogP contribution in [0.2, 0.25) is 5.02 Å². The van der Waals surface area contributed by atoms with Crippen LogP contribution in [0, 0.1) is 0 Å². The molecule has 4 rings (SSSR count). The first kappa shape index (κ1) is 21.4. The minimum absolute atomic E-state index is 0.0653. The molecule has 1 saturated heterocycles. The lowest BCUT2D eigenvalue weighted by molar-refractivity contribution is 0.0992. The molecule has 1 aliphatic rings. The Labute approximate surface area is 185 Å². The number of benzene rings is 2. The number of halogens is 1. The fraction of sp³-hybridized carbons (Fsp3) is 0.227. The highest BCUT2D eigenvalue weighted by atomic mass is 35.5. The van der Waals surface area contributed by atoms with Gasteiger partial charge >= 0.3 is 0 Å². The van der Waals surface area contributed by atoms with E-state index in [0.29, 0.717) is 24.6 Å². The Hall–Kier alpha value is -2.81.